The van der Waals surface area contributed by atoms with Crippen molar-refractivity contribution in [1.29, 1.82) is 0 Å². The first kappa shape index (κ1) is 12.8. The molecule has 0 aromatic carbocycles. The molecule has 0 radical (unpaired) electrons. The summed E-state index contributed by atoms with van der Waals surface area (Å²) in [4.78, 5) is 0. The molecule has 0 aliphatic heterocycles. The maximum absolute atomic E-state index is 13.1. The van der Waals surface area contributed by atoms with Crippen LogP contribution in [0.1, 0.15) is 46.5 Å². The summed E-state index contributed by atoms with van der Waals surface area (Å²) in [7, 11) is 0. The first-order valence-electron chi connectivity index (χ1n) is 5.54. The van der Waals surface area contributed by atoms with E-state index >= 15 is 0 Å². The molecule has 4 heteroatoms. The second-order valence-corrected chi connectivity index (χ2v) is 5.30. The second kappa shape index (κ2) is 3.96. The molecule has 1 aliphatic carbocycles. The standard InChI is InChI=1S/C11H20F3N/c1-4-15-10(11(12,13)14)7-5-6-9(2,3)8-10/h15H,4-8H2,1-3H3. The van der Waals surface area contributed by atoms with Crippen molar-refractivity contribution in [3.63, 3.8) is 0 Å². The van der Waals surface area contributed by atoms with Crippen molar-refractivity contribution in [3.8, 4) is 0 Å². The van der Waals surface area contributed by atoms with Crippen LogP contribution >= 0.6 is 0 Å². The molecule has 0 aromatic heterocycles. The maximum atomic E-state index is 13.1. The highest BCUT2D eigenvalue weighted by atomic mass is 19.4. The van der Waals surface area contributed by atoms with Gasteiger partial charge in [0.05, 0.1) is 0 Å². The van der Waals surface area contributed by atoms with Gasteiger partial charge in [-0.3, -0.25) is 0 Å². The van der Waals surface area contributed by atoms with E-state index in [1.807, 2.05) is 13.8 Å². The van der Waals surface area contributed by atoms with Crippen molar-refractivity contribution in [2.75, 3.05) is 6.54 Å². The van der Waals surface area contributed by atoms with Gasteiger partial charge in [-0.25, -0.2) is 0 Å². The molecular formula is C11H20F3N. The summed E-state index contributed by atoms with van der Waals surface area (Å²) in [6.45, 7) is 5.94. The average molecular weight is 223 g/mol. The van der Waals surface area contributed by atoms with E-state index in [0.717, 1.165) is 6.42 Å². The van der Waals surface area contributed by atoms with Gasteiger partial charge in [-0.05, 0) is 31.2 Å². The Hall–Kier alpha value is -0.250. The van der Waals surface area contributed by atoms with E-state index in [0.29, 0.717) is 13.0 Å². The lowest BCUT2D eigenvalue weighted by molar-refractivity contribution is -0.214. The van der Waals surface area contributed by atoms with Gasteiger partial charge in [-0.15, -0.1) is 0 Å². The van der Waals surface area contributed by atoms with Gasteiger partial charge in [0.15, 0.2) is 0 Å². The summed E-state index contributed by atoms with van der Waals surface area (Å²) in [6.07, 6.45) is -2.19. The molecule has 1 aliphatic rings. The van der Waals surface area contributed by atoms with Crippen LogP contribution in [0.15, 0.2) is 0 Å². The monoisotopic (exact) mass is 223 g/mol. The Morgan fingerprint density at radius 1 is 1.20 bits per heavy atom. The molecule has 0 heterocycles. The number of hydrogen-bond donors (Lipinski definition) is 1. The lowest BCUT2D eigenvalue weighted by atomic mass is 9.67. The summed E-state index contributed by atoms with van der Waals surface area (Å²) < 4.78 is 39.2. The fraction of sp³-hybridized carbons (Fsp3) is 1.00. The first-order chi connectivity index (χ1) is 6.72. The summed E-state index contributed by atoms with van der Waals surface area (Å²) in [5, 5.41) is 2.67. The first-order valence-corrected chi connectivity index (χ1v) is 5.54. The van der Waals surface area contributed by atoms with Crippen molar-refractivity contribution in [2.45, 2.75) is 58.2 Å². The SMILES string of the molecule is CCNC1(C(F)(F)F)CCCC(C)(C)C1. The predicted molar refractivity (Wildman–Crippen MR) is 54.7 cm³/mol. The van der Waals surface area contributed by atoms with E-state index in [4.69, 9.17) is 0 Å². The molecule has 1 rings (SSSR count). The molecule has 1 saturated carbocycles. The Morgan fingerprint density at radius 3 is 2.20 bits per heavy atom. The van der Waals surface area contributed by atoms with Crippen LogP contribution in [0, 0.1) is 5.41 Å². The van der Waals surface area contributed by atoms with Crippen molar-refractivity contribution < 1.29 is 13.2 Å². The molecule has 1 N–H and O–H groups in total. The molecule has 0 saturated heterocycles. The number of halogens is 3. The lowest BCUT2D eigenvalue weighted by Crippen LogP contribution is -2.60. The minimum atomic E-state index is -4.14. The second-order valence-electron chi connectivity index (χ2n) is 5.30. The molecule has 1 fully saturated rings. The van der Waals surface area contributed by atoms with Gasteiger partial charge in [0, 0.05) is 0 Å². The molecule has 0 bridgehead atoms. The van der Waals surface area contributed by atoms with Crippen molar-refractivity contribution in [2.24, 2.45) is 5.41 Å². The minimum Gasteiger partial charge on any atom is -0.304 e. The van der Waals surface area contributed by atoms with Gasteiger partial charge in [0.2, 0.25) is 0 Å². The number of rotatable bonds is 2. The molecular weight excluding hydrogens is 203 g/mol. The van der Waals surface area contributed by atoms with Gasteiger partial charge in [-0.1, -0.05) is 27.2 Å². The van der Waals surface area contributed by atoms with E-state index < -0.39 is 11.7 Å². The maximum Gasteiger partial charge on any atom is 0.406 e. The van der Waals surface area contributed by atoms with Crippen LogP contribution in [0.2, 0.25) is 0 Å². The highest BCUT2D eigenvalue weighted by Gasteiger charge is 2.57. The van der Waals surface area contributed by atoms with Crippen LogP contribution in [-0.4, -0.2) is 18.3 Å². The van der Waals surface area contributed by atoms with Crippen molar-refractivity contribution in [1.82, 2.24) is 5.32 Å². The van der Waals surface area contributed by atoms with Crippen LogP contribution in [0.4, 0.5) is 13.2 Å². The zero-order valence-electron chi connectivity index (χ0n) is 9.67. The molecule has 15 heavy (non-hydrogen) atoms. The van der Waals surface area contributed by atoms with E-state index in [-0.39, 0.29) is 18.3 Å². The molecule has 1 nitrogen and oxygen atoms in total. The van der Waals surface area contributed by atoms with Gasteiger partial charge in [0.25, 0.3) is 0 Å². The molecule has 1 unspecified atom stereocenters. The molecule has 1 atom stereocenters. The zero-order chi connectivity index (χ0) is 11.7. The quantitative estimate of drug-likeness (QED) is 0.755. The van der Waals surface area contributed by atoms with Crippen LogP contribution in [0.5, 0.6) is 0 Å². The highest BCUT2D eigenvalue weighted by molar-refractivity contribution is 5.01. The van der Waals surface area contributed by atoms with Gasteiger partial charge in [0.1, 0.15) is 5.54 Å². The predicted octanol–water partition coefficient (Wildman–Crippen LogP) is 3.50. The molecule has 0 spiro atoms. The Balaban J connectivity index is 2.91. The van der Waals surface area contributed by atoms with E-state index in [1.165, 1.54) is 0 Å². The summed E-state index contributed by atoms with van der Waals surface area (Å²) in [6, 6.07) is 0. The van der Waals surface area contributed by atoms with E-state index in [9.17, 15) is 13.2 Å². The minimum absolute atomic E-state index is 0.192. The van der Waals surface area contributed by atoms with Gasteiger partial charge < -0.3 is 5.32 Å². The Labute approximate surface area is 89.4 Å². The number of hydrogen-bond acceptors (Lipinski definition) is 1. The Morgan fingerprint density at radius 2 is 1.80 bits per heavy atom. The third-order valence-corrected chi connectivity index (χ3v) is 3.30. The average Bonchev–Trinajstić information content (AvgIpc) is 2.00. The van der Waals surface area contributed by atoms with Crippen molar-refractivity contribution >= 4 is 0 Å². The van der Waals surface area contributed by atoms with Crippen LogP contribution in [0.25, 0.3) is 0 Å². The summed E-state index contributed by atoms with van der Waals surface area (Å²) in [5.74, 6) is 0. The molecule has 0 amide bonds. The smallest absolute Gasteiger partial charge is 0.304 e. The fourth-order valence-electron chi connectivity index (χ4n) is 2.69. The van der Waals surface area contributed by atoms with Crippen molar-refractivity contribution in [3.05, 3.63) is 0 Å². The number of nitrogens with one attached hydrogen (secondary N) is 1. The largest absolute Gasteiger partial charge is 0.406 e. The topological polar surface area (TPSA) is 12.0 Å². The summed E-state index contributed by atoms with van der Waals surface area (Å²) in [5.41, 5.74) is -1.86. The van der Waals surface area contributed by atoms with Gasteiger partial charge in [-0.2, -0.15) is 13.2 Å². The van der Waals surface area contributed by atoms with E-state index in [1.54, 1.807) is 6.92 Å². The normalized spacial score (nSPS) is 31.6. The van der Waals surface area contributed by atoms with Crippen LogP contribution < -0.4 is 5.32 Å². The third-order valence-electron chi connectivity index (χ3n) is 3.30. The Kier molecular flexibility index (Phi) is 3.39. The zero-order valence-corrected chi connectivity index (χ0v) is 9.67. The lowest BCUT2D eigenvalue weighted by Gasteiger charge is -2.46. The third kappa shape index (κ3) is 2.65. The van der Waals surface area contributed by atoms with E-state index in [2.05, 4.69) is 5.32 Å². The summed E-state index contributed by atoms with van der Waals surface area (Å²) >= 11 is 0. The van der Waals surface area contributed by atoms with Gasteiger partial charge >= 0.3 is 6.18 Å². The number of alkyl halides is 3. The fourth-order valence-corrected chi connectivity index (χ4v) is 2.69. The van der Waals surface area contributed by atoms with Crippen LogP contribution in [-0.2, 0) is 0 Å². The molecule has 0 aromatic rings. The molecule has 90 valence electrons. The van der Waals surface area contributed by atoms with Crippen LogP contribution in [0.3, 0.4) is 0 Å². The highest BCUT2D eigenvalue weighted by Crippen LogP contribution is 2.48. The Bertz CT molecular complexity index is 218.